The summed E-state index contributed by atoms with van der Waals surface area (Å²) in [5, 5.41) is 10.7. The highest BCUT2D eigenvalue weighted by Crippen LogP contribution is 2.26. The molecule has 0 spiro atoms. The summed E-state index contributed by atoms with van der Waals surface area (Å²) in [7, 11) is 0. The third-order valence-electron chi connectivity index (χ3n) is 3.29. The number of non-ortho nitro benzene ring substituents is 1. The number of carbonyl (C=O) groups excluding carboxylic acids is 2. The van der Waals surface area contributed by atoms with Crippen molar-refractivity contribution in [1.82, 2.24) is 0 Å². The number of carbonyl (C=O) groups is 2. The number of nitrogens with two attached hydrogens (primary N) is 4. The van der Waals surface area contributed by atoms with Crippen LogP contribution in [0.2, 0.25) is 0 Å². The fraction of sp³-hybridized carbons (Fsp3) is 0.385. The smallest absolute Gasteiger partial charge is 0.269 e. The molecule has 2 unspecified atom stereocenters. The first-order chi connectivity index (χ1) is 10.2. The third kappa shape index (κ3) is 4.79. The van der Waals surface area contributed by atoms with Gasteiger partial charge < -0.3 is 22.9 Å². The summed E-state index contributed by atoms with van der Waals surface area (Å²) < 4.78 is 0. The number of amides is 2. The number of hydrogen-bond donors (Lipinski definition) is 4. The molecular formula is C13H19N5O4. The fourth-order valence-corrected chi connectivity index (χ4v) is 2.35. The molecule has 0 aromatic heterocycles. The molecule has 9 heteroatoms. The van der Waals surface area contributed by atoms with Gasteiger partial charge in [0.1, 0.15) is 0 Å². The molecule has 1 aromatic rings. The lowest BCUT2D eigenvalue weighted by molar-refractivity contribution is -0.384. The number of benzene rings is 1. The molecule has 0 saturated carbocycles. The van der Waals surface area contributed by atoms with Crippen molar-refractivity contribution in [3.8, 4) is 0 Å². The Labute approximate surface area is 126 Å². The zero-order valence-corrected chi connectivity index (χ0v) is 11.8. The van der Waals surface area contributed by atoms with E-state index >= 15 is 0 Å². The molecule has 8 N–H and O–H groups in total. The molecule has 9 nitrogen and oxygen atoms in total. The minimum atomic E-state index is -0.728. The summed E-state index contributed by atoms with van der Waals surface area (Å²) >= 11 is 0. The predicted octanol–water partition coefficient (Wildman–Crippen LogP) is -0.916. The van der Waals surface area contributed by atoms with Crippen molar-refractivity contribution in [1.29, 1.82) is 0 Å². The first-order valence-corrected chi connectivity index (χ1v) is 6.54. The van der Waals surface area contributed by atoms with Crippen LogP contribution in [0.3, 0.4) is 0 Å². The summed E-state index contributed by atoms with van der Waals surface area (Å²) in [6.45, 7) is 0. The fourth-order valence-electron chi connectivity index (χ4n) is 2.35. The van der Waals surface area contributed by atoms with E-state index in [1.165, 1.54) is 24.3 Å². The minimum Gasteiger partial charge on any atom is -0.370 e. The second kappa shape index (κ2) is 7.48. The molecule has 2 atom stereocenters. The van der Waals surface area contributed by atoms with Gasteiger partial charge in [-0.1, -0.05) is 12.1 Å². The van der Waals surface area contributed by atoms with Crippen molar-refractivity contribution >= 4 is 17.5 Å². The molecule has 0 saturated heterocycles. The van der Waals surface area contributed by atoms with Crippen LogP contribution >= 0.6 is 0 Å². The van der Waals surface area contributed by atoms with Gasteiger partial charge in [0.15, 0.2) is 0 Å². The average Bonchev–Trinajstić information content (AvgIpc) is 2.37. The highest BCUT2D eigenvalue weighted by atomic mass is 16.6. The number of nitro groups is 1. The van der Waals surface area contributed by atoms with Crippen LogP contribution in [0.25, 0.3) is 0 Å². The third-order valence-corrected chi connectivity index (χ3v) is 3.29. The Balaban J connectivity index is 3.09. The van der Waals surface area contributed by atoms with Gasteiger partial charge in [-0.25, -0.2) is 0 Å². The van der Waals surface area contributed by atoms with E-state index in [1.807, 2.05) is 0 Å². The topological polar surface area (TPSA) is 181 Å². The quantitative estimate of drug-likeness (QED) is 0.356. The second-order valence-electron chi connectivity index (χ2n) is 5.04. The van der Waals surface area contributed by atoms with Gasteiger partial charge in [0.25, 0.3) is 5.69 Å². The van der Waals surface area contributed by atoms with Crippen LogP contribution in [0.1, 0.15) is 24.3 Å². The molecule has 0 heterocycles. The standard InChI is InChI=1S/C13H19N5O4/c14-9(5-11(16)19)13(10(15)6-12(17)20)7-1-3-8(4-2-7)18(21)22/h1-4,9-10,13H,5-6,14-15H2,(H2,16,19)(H2,17,20). The van der Waals surface area contributed by atoms with E-state index in [0.717, 1.165) is 0 Å². The number of nitrogens with zero attached hydrogens (tertiary/aromatic N) is 1. The van der Waals surface area contributed by atoms with E-state index in [4.69, 9.17) is 22.9 Å². The maximum Gasteiger partial charge on any atom is 0.269 e. The van der Waals surface area contributed by atoms with E-state index in [9.17, 15) is 19.7 Å². The van der Waals surface area contributed by atoms with E-state index < -0.39 is 34.7 Å². The van der Waals surface area contributed by atoms with Gasteiger partial charge in [0.05, 0.1) is 4.92 Å². The Morgan fingerprint density at radius 1 is 1.00 bits per heavy atom. The minimum absolute atomic E-state index is 0.0885. The summed E-state index contributed by atoms with van der Waals surface area (Å²) in [6, 6.07) is 4.13. The van der Waals surface area contributed by atoms with Gasteiger partial charge >= 0.3 is 0 Å². The van der Waals surface area contributed by atoms with E-state index in [1.54, 1.807) is 0 Å². The van der Waals surface area contributed by atoms with Crippen molar-refractivity contribution < 1.29 is 14.5 Å². The van der Waals surface area contributed by atoms with Crippen LogP contribution in [-0.4, -0.2) is 28.8 Å². The van der Waals surface area contributed by atoms with Crippen molar-refractivity contribution in [2.24, 2.45) is 22.9 Å². The van der Waals surface area contributed by atoms with Crippen LogP contribution in [0.15, 0.2) is 24.3 Å². The summed E-state index contributed by atoms with van der Waals surface area (Å²) in [5.41, 5.74) is 22.7. The Morgan fingerprint density at radius 3 is 1.73 bits per heavy atom. The van der Waals surface area contributed by atoms with Crippen LogP contribution in [0.5, 0.6) is 0 Å². The van der Waals surface area contributed by atoms with Gasteiger partial charge in [-0.15, -0.1) is 0 Å². The van der Waals surface area contributed by atoms with Crippen LogP contribution in [0, 0.1) is 10.1 Å². The van der Waals surface area contributed by atoms with Gasteiger partial charge in [-0.3, -0.25) is 19.7 Å². The van der Waals surface area contributed by atoms with Gasteiger partial charge in [0, 0.05) is 43.0 Å². The normalized spacial score (nSPS) is 14.8. The van der Waals surface area contributed by atoms with Crippen molar-refractivity contribution in [3.05, 3.63) is 39.9 Å². The van der Waals surface area contributed by atoms with Crippen LogP contribution < -0.4 is 22.9 Å². The lowest BCUT2D eigenvalue weighted by Gasteiger charge is -2.28. The number of nitro benzene ring substituents is 1. The van der Waals surface area contributed by atoms with E-state index in [2.05, 4.69) is 0 Å². The average molecular weight is 309 g/mol. The van der Waals surface area contributed by atoms with Gasteiger partial charge in [0.2, 0.25) is 11.8 Å². The van der Waals surface area contributed by atoms with Gasteiger partial charge in [-0.05, 0) is 5.56 Å². The number of rotatable bonds is 8. The lowest BCUT2D eigenvalue weighted by Crippen LogP contribution is -2.44. The molecule has 120 valence electrons. The molecule has 0 fully saturated rings. The first-order valence-electron chi connectivity index (χ1n) is 6.54. The Kier molecular flexibility index (Phi) is 5.96. The Morgan fingerprint density at radius 2 is 1.41 bits per heavy atom. The molecule has 2 amide bonds. The highest BCUT2D eigenvalue weighted by molar-refractivity contribution is 5.75. The maximum atomic E-state index is 11.1. The second-order valence-corrected chi connectivity index (χ2v) is 5.04. The van der Waals surface area contributed by atoms with Crippen molar-refractivity contribution in [2.45, 2.75) is 30.8 Å². The molecule has 1 rings (SSSR count). The molecule has 0 radical (unpaired) electrons. The molecular weight excluding hydrogens is 290 g/mol. The highest BCUT2D eigenvalue weighted by Gasteiger charge is 2.29. The zero-order chi connectivity index (χ0) is 16.9. The molecule has 1 aromatic carbocycles. The number of primary amides is 2. The molecule has 0 aliphatic carbocycles. The molecule has 0 bridgehead atoms. The Bertz CT molecular complexity index is 538. The molecule has 0 aliphatic rings. The first kappa shape index (κ1) is 17.5. The van der Waals surface area contributed by atoms with E-state index in [-0.39, 0.29) is 18.5 Å². The SMILES string of the molecule is NC(=O)CC(N)C(c1ccc([N+](=O)[O-])cc1)C(N)CC(N)=O. The monoisotopic (exact) mass is 309 g/mol. The zero-order valence-electron chi connectivity index (χ0n) is 11.8. The number of hydrogen-bond acceptors (Lipinski definition) is 6. The summed E-state index contributed by atoms with van der Waals surface area (Å²) in [5.74, 6) is -1.79. The van der Waals surface area contributed by atoms with Crippen molar-refractivity contribution in [2.75, 3.05) is 0 Å². The van der Waals surface area contributed by atoms with Gasteiger partial charge in [-0.2, -0.15) is 0 Å². The summed E-state index contributed by atoms with van der Waals surface area (Å²) in [6.07, 6.45) is -0.262. The summed E-state index contributed by atoms with van der Waals surface area (Å²) in [4.78, 5) is 32.2. The molecule has 0 aliphatic heterocycles. The van der Waals surface area contributed by atoms with E-state index in [0.29, 0.717) is 5.56 Å². The molecule has 22 heavy (non-hydrogen) atoms. The van der Waals surface area contributed by atoms with Crippen LogP contribution in [-0.2, 0) is 9.59 Å². The maximum absolute atomic E-state index is 11.1. The Hall–Kier alpha value is -2.52. The predicted molar refractivity (Wildman–Crippen MR) is 79.4 cm³/mol. The largest absolute Gasteiger partial charge is 0.370 e. The van der Waals surface area contributed by atoms with Crippen LogP contribution in [0.4, 0.5) is 5.69 Å². The lowest BCUT2D eigenvalue weighted by atomic mass is 9.82. The van der Waals surface area contributed by atoms with Crippen molar-refractivity contribution in [3.63, 3.8) is 0 Å².